The summed E-state index contributed by atoms with van der Waals surface area (Å²) < 4.78 is 30.7. The van der Waals surface area contributed by atoms with Crippen LogP contribution in [0.3, 0.4) is 0 Å². The minimum atomic E-state index is -1.98. The van der Waals surface area contributed by atoms with Crippen LogP contribution in [0.5, 0.6) is 0 Å². The Morgan fingerprint density at radius 1 is 0.833 bits per heavy atom. The molecule has 13 nitrogen and oxygen atoms in total. The molecule has 48 heavy (non-hydrogen) atoms. The highest BCUT2D eigenvalue weighted by atomic mass is 16.7. The Bertz CT molecular complexity index is 1400. The fraction of sp³-hybridized carbons (Fsp3) is 0.886. The SMILES string of the molecule is CC(=O)OC1CC2C3(O)OC4(CC5C6CN7CC(C)CCC7C(C)(O)C6C(OC(C)=O)C(OC(C)=O)C5(O)C14)C2(C)CCC3OC(C)=O. The van der Waals surface area contributed by atoms with Crippen molar-refractivity contribution in [2.75, 3.05) is 13.1 Å². The zero-order valence-corrected chi connectivity index (χ0v) is 29.0. The van der Waals surface area contributed by atoms with Crippen molar-refractivity contribution in [3.8, 4) is 0 Å². The molecule has 16 atom stereocenters. The first-order valence-electron chi connectivity index (χ1n) is 17.6. The van der Waals surface area contributed by atoms with E-state index in [1.54, 1.807) is 6.92 Å². The second-order valence-electron chi connectivity index (χ2n) is 16.6. The molecule has 7 fully saturated rings. The van der Waals surface area contributed by atoms with E-state index in [9.17, 15) is 34.5 Å². The van der Waals surface area contributed by atoms with Gasteiger partial charge in [-0.25, -0.2) is 0 Å². The van der Waals surface area contributed by atoms with E-state index in [4.69, 9.17) is 23.7 Å². The lowest BCUT2D eigenvalue weighted by atomic mass is 9.49. The van der Waals surface area contributed by atoms with Crippen LogP contribution in [0.15, 0.2) is 0 Å². The van der Waals surface area contributed by atoms with Crippen LogP contribution >= 0.6 is 0 Å². The minimum absolute atomic E-state index is 0.0916. The van der Waals surface area contributed by atoms with Crippen molar-refractivity contribution in [3.05, 3.63) is 0 Å². The second kappa shape index (κ2) is 10.8. The van der Waals surface area contributed by atoms with E-state index in [-0.39, 0.29) is 18.9 Å². The molecule has 13 heteroatoms. The summed E-state index contributed by atoms with van der Waals surface area (Å²) in [5.41, 5.74) is -5.48. The normalized spacial score (nSPS) is 53.3. The van der Waals surface area contributed by atoms with Gasteiger partial charge in [0.2, 0.25) is 5.79 Å². The molecule has 0 aromatic rings. The van der Waals surface area contributed by atoms with E-state index in [0.29, 0.717) is 25.3 Å². The third-order valence-electron chi connectivity index (χ3n) is 13.9. The molecule has 7 rings (SSSR count). The van der Waals surface area contributed by atoms with Crippen molar-refractivity contribution in [2.45, 2.75) is 140 Å². The van der Waals surface area contributed by atoms with Gasteiger partial charge in [0.05, 0.1) is 17.1 Å². The van der Waals surface area contributed by atoms with Crippen molar-refractivity contribution in [1.29, 1.82) is 0 Å². The molecule has 3 saturated heterocycles. The number of fused-ring (bicyclic) bond motifs is 5. The smallest absolute Gasteiger partial charge is 0.303 e. The summed E-state index contributed by atoms with van der Waals surface area (Å²) in [5.74, 6) is -7.62. The van der Waals surface area contributed by atoms with Gasteiger partial charge in [0.1, 0.15) is 17.8 Å². The number of hydrogen-bond acceptors (Lipinski definition) is 13. The molecule has 4 bridgehead atoms. The molecular formula is C35H51NO12. The molecule has 3 aliphatic heterocycles. The van der Waals surface area contributed by atoms with Crippen LogP contribution in [-0.4, -0.2) is 110 Å². The topological polar surface area (TPSA) is 178 Å². The molecule has 3 heterocycles. The zero-order chi connectivity index (χ0) is 34.9. The van der Waals surface area contributed by atoms with Crippen LogP contribution in [0.25, 0.3) is 0 Å². The molecule has 4 aliphatic carbocycles. The molecule has 0 aromatic carbocycles. The van der Waals surface area contributed by atoms with E-state index >= 15 is 0 Å². The highest BCUT2D eigenvalue weighted by molar-refractivity contribution is 5.68. The summed E-state index contributed by atoms with van der Waals surface area (Å²) in [6, 6.07) is -0.248. The molecular weight excluding hydrogens is 626 g/mol. The first-order valence-corrected chi connectivity index (χ1v) is 17.6. The Hall–Kier alpha value is -2.32. The predicted octanol–water partition coefficient (Wildman–Crippen LogP) is 1.47. The average molecular weight is 678 g/mol. The summed E-state index contributed by atoms with van der Waals surface area (Å²) in [6.45, 7) is 12.2. The number of ether oxygens (including phenoxy) is 5. The molecule has 1 spiro atoms. The Kier molecular flexibility index (Phi) is 7.71. The number of carbonyl (C=O) groups is 4. The van der Waals surface area contributed by atoms with Gasteiger partial charge in [-0.15, -0.1) is 0 Å². The molecule has 7 aliphatic rings. The van der Waals surface area contributed by atoms with Crippen molar-refractivity contribution in [3.63, 3.8) is 0 Å². The Labute approximate surface area is 280 Å². The number of rotatable bonds is 4. The fourth-order valence-corrected chi connectivity index (χ4v) is 12.6. The van der Waals surface area contributed by atoms with Gasteiger partial charge in [0.15, 0.2) is 12.2 Å². The van der Waals surface area contributed by atoms with Crippen LogP contribution in [0.4, 0.5) is 0 Å². The van der Waals surface area contributed by atoms with Gasteiger partial charge in [-0.3, -0.25) is 24.1 Å². The maximum Gasteiger partial charge on any atom is 0.303 e. The van der Waals surface area contributed by atoms with E-state index in [1.807, 2.05) is 6.92 Å². The molecule has 3 N–H and O–H groups in total. The van der Waals surface area contributed by atoms with E-state index in [1.165, 1.54) is 27.7 Å². The third-order valence-corrected chi connectivity index (χ3v) is 13.9. The second-order valence-corrected chi connectivity index (χ2v) is 16.6. The maximum atomic E-state index is 13.6. The molecule has 16 unspecified atom stereocenters. The zero-order valence-electron chi connectivity index (χ0n) is 29.0. The van der Waals surface area contributed by atoms with Gasteiger partial charge in [-0.05, 0) is 63.2 Å². The lowest BCUT2D eigenvalue weighted by molar-refractivity contribution is -0.300. The van der Waals surface area contributed by atoms with Crippen LogP contribution in [-0.2, 0) is 42.9 Å². The third kappa shape index (κ3) is 4.39. The highest BCUT2D eigenvalue weighted by Crippen LogP contribution is 2.77. The Balaban J connectivity index is 1.45. The van der Waals surface area contributed by atoms with Crippen molar-refractivity contribution >= 4 is 23.9 Å². The van der Waals surface area contributed by atoms with E-state index in [0.717, 1.165) is 19.4 Å². The van der Waals surface area contributed by atoms with E-state index in [2.05, 4.69) is 11.8 Å². The Morgan fingerprint density at radius 2 is 1.48 bits per heavy atom. The molecule has 0 radical (unpaired) electrons. The summed E-state index contributed by atoms with van der Waals surface area (Å²) in [5, 5.41) is 38.6. The standard InChI is InChI=1S/C35H51NO12/c1-16-8-9-25-32(7,41)27-21(15-36(25)14-16)22-13-33-29(34(22,42)30(47-20(5)40)28(27)46-19(4)39)23(44-17(2)37)12-24-31(33,6)11-10-26(45-18(3)38)35(24,43)48-33/h16,21-30,41-43H,8-15H2,1-7H3. The number of hydrogen-bond donors (Lipinski definition) is 3. The Morgan fingerprint density at radius 3 is 2.10 bits per heavy atom. The van der Waals surface area contributed by atoms with Crippen LogP contribution in [0.1, 0.15) is 87.0 Å². The van der Waals surface area contributed by atoms with Gasteiger partial charge in [-0.1, -0.05) is 13.8 Å². The minimum Gasteiger partial charge on any atom is -0.462 e. The van der Waals surface area contributed by atoms with Crippen LogP contribution in [0, 0.1) is 40.9 Å². The van der Waals surface area contributed by atoms with Gasteiger partial charge in [-0.2, -0.15) is 0 Å². The van der Waals surface area contributed by atoms with Gasteiger partial charge in [0.25, 0.3) is 0 Å². The van der Waals surface area contributed by atoms with Gasteiger partial charge in [0, 0.05) is 64.1 Å². The lowest BCUT2D eigenvalue weighted by Crippen LogP contribution is -2.77. The summed E-state index contributed by atoms with van der Waals surface area (Å²) in [4.78, 5) is 53.0. The van der Waals surface area contributed by atoms with Crippen LogP contribution < -0.4 is 0 Å². The first-order chi connectivity index (χ1) is 22.3. The van der Waals surface area contributed by atoms with Crippen molar-refractivity contribution in [1.82, 2.24) is 4.90 Å². The van der Waals surface area contributed by atoms with Crippen molar-refractivity contribution < 1.29 is 58.2 Å². The fourth-order valence-electron chi connectivity index (χ4n) is 12.6. The summed E-state index contributed by atoms with van der Waals surface area (Å²) in [7, 11) is 0. The number of piperidine rings is 2. The quantitative estimate of drug-likeness (QED) is 0.288. The van der Waals surface area contributed by atoms with Gasteiger partial charge >= 0.3 is 23.9 Å². The number of carbonyl (C=O) groups excluding carboxylic acids is 4. The number of esters is 4. The van der Waals surface area contributed by atoms with Crippen LogP contribution in [0.2, 0.25) is 0 Å². The summed E-state index contributed by atoms with van der Waals surface area (Å²) >= 11 is 0. The number of nitrogens with zero attached hydrogens (tertiary/aromatic N) is 1. The summed E-state index contributed by atoms with van der Waals surface area (Å²) in [6.07, 6.45) is -1.94. The molecule has 268 valence electrons. The largest absolute Gasteiger partial charge is 0.462 e. The maximum absolute atomic E-state index is 13.6. The molecule has 0 aromatic heterocycles. The molecule has 0 amide bonds. The predicted molar refractivity (Wildman–Crippen MR) is 164 cm³/mol. The molecule has 4 saturated carbocycles. The van der Waals surface area contributed by atoms with Gasteiger partial charge < -0.3 is 39.0 Å². The monoisotopic (exact) mass is 677 g/mol. The highest BCUT2D eigenvalue weighted by Gasteiger charge is 2.88. The van der Waals surface area contributed by atoms with Crippen molar-refractivity contribution in [2.24, 2.45) is 40.9 Å². The number of aliphatic hydroxyl groups is 3. The lowest BCUT2D eigenvalue weighted by Gasteiger charge is -2.64. The average Bonchev–Trinajstić information content (AvgIpc) is 3.23. The van der Waals surface area contributed by atoms with E-state index < -0.39 is 106 Å². The first kappa shape index (κ1) is 34.1.